The summed E-state index contributed by atoms with van der Waals surface area (Å²) in [6.07, 6.45) is 5.04. The molecular formula is C20H20N4O3. The van der Waals surface area contributed by atoms with Crippen LogP contribution < -0.4 is 16.5 Å². The Morgan fingerprint density at radius 1 is 1.15 bits per heavy atom. The lowest BCUT2D eigenvalue weighted by Gasteiger charge is -2.12. The second kappa shape index (κ2) is 8.31. The van der Waals surface area contributed by atoms with Crippen LogP contribution in [-0.4, -0.2) is 28.0 Å². The molecule has 0 unspecified atom stereocenters. The number of hydrogen-bond acceptors (Lipinski definition) is 4. The van der Waals surface area contributed by atoms with E-state index in [9.17, 15) is 9.59 Å². The largest absolute Gasteiger partial charge is 0.361 e. The van der Waals surface area contributed by atoms with E-state index in [1.165, 1.54) is 11.6 Å². The summed E-state index contributed by atoms with van der Waals surface area (Å²) in [7, 11) is 0. The number of anilines is 1. The number of nitrogens with one attached hydrogen (secondary N) is 3. The van der Waals surface area contributed by atoms with Crippen molar-refractivity contribution in [2.75, 3.05) is 5.32 Å². The minimum Gasteiger partial charge on any atom is -0.361 e. The van der Waals surface area contributed by atoms with Crippen molar-refractivity contribution in [1.82, 2.24) is 10.5 Å². The quantitative estimate of drug-likeness (QED) is 0.262. The van der Waals surface area contributed by atoms with Crippen molar-refractivity contribution in [3.63, 3.8) is 0 Å². The van der Waals surface area contributed by atoms with E-state index in [-0.39, 0.29) is 5.91 Å². The van der Waals surface area contributed by atoms with E-state index in [4.69, 9.17) is 10.9 Å². The van der Waals surface area contributed by atoms with Gasteiger partial charge in [0, 0.05) is 28.9 Å². The fourth-order valence-electron chi connectivity index (χ4n) is 2.75. The van der Waals surface area contributed by atoms with Crippen LogP contribution in [0.2, 0.25) is 0 Å². The number of aromatic nitrogens is 1. The third-order valence-corrected chi connectivity index (χ3v) is 4.17. The summed E-state index contributed by atoms with van der Waals surface area (Å²) in [5.41, 5.74) is 11.0. The minimum absolute atomic E-state index is 0.275. The Hall–Kier alpha value is -3.42. The monoisotopic (exact) mass is 364 g/mol. The summed E-state index contributed by atoms with van der Waals surface area (Å²) in [6, 6.07) is 14.1. The van der Waals surface area contributed by atoms with Crippen molar-refractivity contribution in [3.05, 3.63) is 71.9 Å². The number of hydroxylamine groups is 1. The molecule has 0 saturated carbocycles. The molecule has 6 N–H and O–H groups in total. The Morgan fingerprint density at radius 2 is 1.89 bits per heavy atom. The highest BCUT2D eigenvalue weighted by molar-refractivity contribution is 5.95. The van der Waals surface area contributed by atoms with Crippen LogP contribution in [0.4, 0.5) is 5.69 Å². The van der Waals surface area contributed by atoms with E-state index < -0.39 is 11.9 Å². The summed E-state index contributed by atoms with van der Waals surface area (Å²) in [6.45, 7) is 0. The first kappa shape index (κ1) is 18.4. The Bertz CT molecular complexity index is 976. The van der Waals surface area contributed by atoms with Gasteiger partial charge < -0.3 is 16.0 Å². The Kier molecular flexibility index (Phi) is 5.65. The van der Waals surface area contributed by atoms with Gasteiger partial charge in [0.2, 0.25) is 5.91 Å². The van der Waals surface area contributed by atoms with E-state index in [2.05, 4.69) is 10.3 Å². The summed E-state index contributed by atoms with van der Waals surface area (Å²) in [4.78, 5) is 26.5. The predicted molar refractivity (Wildman–Crippen MR) is 104 cm³/mol. The second-order valence-electron chi connectivity index (χ2n) is 6.09. The van der Waals surface area contributed by atoms with Crippen LogP contribution in [0, 0.1) is 0 Å². The smallest absolute Gasteiger partial charge is 0.267 e. The number of carbonyl (C=O) groups is 2. The average Bonchev–Trinajstić information content (AvgIpc) is 3.10. The zero-order chi connectivity index (χ0) is 19.2. The van der Waals surface area contributed by atoms with Gasteiger partial charge in [0.1, 0.15) is 0 Å². The normalized spacial score (nSPS) is 12.2. The highest BCUT2D eigenvalue weighted by Gasteiger charge is 2.16. The third kappa shape index (κ3) is 4.60. The molecule has 0 aliphatic rings. The first-order valence-electron chi connectivity index (χ1n) is 8.40. The number of H-pyrrole nitrogens is 1. The van der Waals surface area contributed by atoms with Gasteiger partial charge in [-0.2, -0.15) is 0 Å². The molecule has 0 spiro atoms. The molecule has 2 amide bonds. The van der Waals surface area contributed by atoms with Crippen molar-refractivity contribution in [2.45, 2.75) is 12.5 Å². The first-order chi connectivity index (χ1) is 13.1. The van der Waals surface area contributed by atoms with E-state index in [1.54, 1.807) is 30.3 Å². The molecule has 0 aliphatic carbocycles. The van der Waals surface area contributed by atoms with Crippen LogP contribution in [0.15, 0.2) is 60.8 Å². The maximum Gasteiger partial charge on any atom is 0.267 e. The molecule has 0 fully saturated rings. The molecule has 1 heterocycles. The van der Waals surface area contributed by atoms with E-state index in [0.29, 0.717) is 12.1 Å². The summed E-state index contributed by atoms with van der Waals surface area (Å²) < 4.78 is 0. The molecule has 1 atom stereocenters. The Labute approximate surface area is 155 Å². The number of aromatic amines is 1. The zero-order valence-corrected chi connectivity index (χ0v) is 14.5. The van der Waals surface area contributed by atoms with E-state index in [0.717, 1.165) is 22.0 Å². The van der Waals surface area contributed by atoms with Crippen LogP contribution in [0.1, 0.15) is 11.1 Å². The molecule has 1 aromatic heterocycles. The van der Waals surface area contributed by atoms with Crippen LogP contribution in [0.25, 0.3) is 17.0 Å². The van der Waals surface area contributed by atoms with Gasteiger partial charge in [0.25, 0.3) is 5.91 Å². The highest BCUT2D eigenvalue weighted by Crippen LogP contribution is 2.19. The molecule has 3 rings (SSSR count). The first-order valence-corrected chi connectivity index (χ1v) is 8.40. The van der Waals surface area contributed by atoms with Crippen molar-refractivity contribution in [3.8, 4) is 0 Å². The Morgan fingerprint density at radius 3 is 2.63 bits per heavy atom. The molecule has 0 saturated heterocycles. The number of carbonyl (C=O) groups excluding carboxylic acids is 2. The molecule has 7 heteroatoms. The molecule has 2 aromatic carbocycles. The van der Waals surface area contributed by atoms with Gasteiger partial charge in [-0.25, -0.2) is 5.48 Å². The SMILES string of the molecule is N[C@H](Cc1c[nH]c2ccccc12)C(=O)Nc1ccc(/C=C/C(=O)NO)cc1. The zero-order valence-electron chi connectivity index (χ0n) is 14.5. The predicted octanol–water partition coefficient (Wildman–Crippen LogP) is 2.20. The number of para-hydroxylation sites is 1. The van der Waals surface area contributed by atoms with Gasteiger partial charge in [-0.05, 0) is 41.8 Å². The lowest BCUT2D eigenvalue weighted by atomic mass is 10.0. The van der Waals surface area contributed by atoms with Crippen LogP contribution in [-0.2, 0) is 16.0 Å². The summed E-state index contributed by atoms with van der Waals surface area (Å²) in [5.74, 6) is -0.890. The van der Waals surface area contributed by atoms with Gasteiger partial charge in [-0.3, -0.25) is 14.8 Å². The molecule has 3 aromatic rings. The molecular weight excluding hydrogens is 344 g/mol. The van der Waals surface area contributed by atoms with Crippen LogP contribution >= 0.6 is 0 Å². The van der Waals surface area contributed by atoms with Crippen LogP contribution in [0.5, 0.6) is 0 Å². The maximum absolute atomic E-state index is 12.4. The average molecular weight is 364 g/mol. The Balaban J connectivity index is 1.61. The lowest BCUT2D eigenvalue weighted by molar-refractivity contribution is -0.124. The van der Waals surface area contributed by atoms with Gasteiger partial charge in [0.05, 0.1) is 6.04 Å². The number of nitrogens with two attached hydrogens (primary N) is 1. The third-order valence-electron chi connectivity index (χ3n) is 4.17. The molecule has 27 heavy (non-hydrogen) atoms. The van der Waals surface area contributed by atoms with Gasteiger partial charge in [-0.1, -0.05) is 30.3 Å². The maximum atomic E-state index is 12.4. The van der Waals surface area contributed by atoms with E-state index in [1.807, 2.05) is 30.5 Å². The van der Waals surface area contributed by atoms with Crippen molar-refractivity contribution in [1.29, 1.82) is 0 Å². The number of fused-ring (bicyclic) bond motifs is 1. The van der Waals surface area contributed by atoms with Crippen molar-refractivity contribution >= 4 is 34.5 Å². The van der Waals surface area contributed by atoms with E-state index >= 15 is 0 Å². The lowest BCUT2D eigenvalue weighted by Crippen LogP contribution is -2.37. The van der Waals surface area contributed by atoms with Gasteiger partial charge in [-0.15, -0.1) is 0 Å². The van der Waals surface area contributed by atoms with Gasteiger partial charge in [0.15, 0.2) is 0 Å². The molecule has 138 valence electrons. The fourth-order valence-corrected chi connectivity index (χ4v) is 2.75. The molecule has 0 bridgehead atoms. The molecule has 0 aliphatic heterocycles. The summed E-state index contributed by atoms with van der Waals surface area (Å²) in [5, 5.41) is 12.3. The van der Waals surface area contributed by atoms with Crippen molar-refractivity contribution in [2.24, 2.45) is 5.73 Å². The highest BCUT2D eigenvalue weighted by atomic mass is 16.5. The summed E-state index contributed by atoms with van der Waals surface area (Å²) >= 11 is 0. The molecule has 7 nitrogen and oxygen atoms in total. The minimum atomic E-state index is -0.683. The fraction of sp³-hybridized carbons (Fsp3) is 0.100. The molecule has 0 radical (unpaired) electrons. The number of benzene rings is 2. The number of rotatable bonds is 6. The standard InChI is InChI=1S/C20H20N4O3/c21-17(11-14-12-22-18-4-2-1-3-16(14)18)20(26)23-15-8-5-13(6-9-15)7-10-19(25)24-27/h1-10,12,17,22,27H,11,21H2,(H,23,26)(H,24,25)/b10-7+/t17-/m1/s1. The topological polar surface area (TPSA) is 120 Å². The second-order valence-corrected chi connectivity index (χ2v) is 6.09. The number of hydrogen-bond donors (Lipinski definition) is 5. The van der Waals surface area contributed by atoms with Gasteiger partial charge >= 0.3 is 0 Å². The van der Waals surface area contributed by atoms with Crippen LogP contribution in [0.3, 0.4) is 0 Å². The number of amides is 2. The van der Waals surface area contributed by atoms with Crippen molar-refractivity contribution < 1.29 is 14.8 Å².